The summed E-state index contributed by atoms with van der Waals surface area (Å²) in [6.45, 7) is 0.447. The Labute approximate surface area is 204 Å². The van der Waals surface area contributed by atoms with Gasteiger partial charge in [0, 0.05) is 21.2 Å². The van der Waals surface area contributed by atoms with Gasteiger partial charge in [0.05, 0.1) is 17.6 Å². The van der Waals surface area contributed by atoms with E-state index in [-0.39, 0.29) is 5.56 Å². The van der Waals surface area contributed by atoms with Crippen molar-refractivity contribution in [1.29, 1.82) is 0 Å². The van der Waals surface area contributed by atoms with Crippen molar-refractivity contribution in [2.24, 2.45) is 5.16 Å². The van der Waals surface area contributed by atoms with E-state index in [9.17, 15) is 10.0 Å². The highest BCUT2D eigenvalue weighted by molar-refractivity contribution is 7.99. The minimum absolute atomic E-state index is 0.0136. The Morgan fingerprint density at radius 2 is 1.88 bits per heavy atom. The third kappa shape index (κ3) is 4.58. The number of hydrogen-bond acceptors (Lipinski definition) is 6. The Kier molecular flexibility index (Phi) is 6.53. The normalized spacial score (nSPS) is 13.9. The molecule has 5 nitrogen and oxygen atoms in total. The molecule has 0 saturated heterocycles. The summed E-state index contributed by atoms with van der Waals surface area (Å²) in [4.78, 5) is 20.8. The maximum Gasteiger partial charge on any atom is 0.263 e. The van der Waals surface area contributed by atoms with Crippen LogP contribution in [-0.2, 0) is 19.4 Å². The topological polar surface area (TPSA) is 67.5 Å². The van der Waals surface area contributed by atoms with E-state index in [1.54, 1.807) is 28.0 Å². The number of oxime groups is 1. The van der Waals surface area contributed by atoms with Gasteiger partial charge in [0.2, 0.25) is 0 Å². The number of thiophene rings is 1. The van der Waals surface area contributed by atoms with Gasteiger partial charge in [-0.05, 0) is 48.9 Å². The average molecular weight is 496 g/mol. The molecule has 2 aromatic carbocycles. The number of thioether (sulfide) groups is 1. The third-order valence-electron chi connectivity index (χ3n) is 5.86. The van der Waals surface area contributed by atoms with Gasteiger partial charge in [-0.25, -0.2) is 4.98 Å². The summed E-state index contributed by atoms with van der Waals surface area (Å²) in [6.07, 6.45) is 4.25. The summed E-state index contributed by atoms with van der Waals surface area (Å²) in [7, 11) is 0. The van der Waals surface area contributed by atoms with Crippen molar-refractivity contribution in [3.05, 3.63) is 91.5 Å². The van der Waals surface area contributed by atoms with E-state index in [4.69, 9.17) is 16.6 Å². The Hall–Kier alpha value is -2.61. The van der Waals surface area contributed by atoms with Gasteiger partial charge >= 0.3 is 0 Å². The van der Waals surface area contributed by atoms with E-state index in [0.717, 1.165) is 47.0 Å². The molecule has 0 aliphatic heterocycles. The highest BCUT2D eigenvalue weighted by Gasteiger charge is 2.22. The lowest BCUT2D eigenvalue weighted by molar-refractivity contribution is 0.319. The van der Waals surface area contributed by atoms with E-state index in [1.807, 2.05) is 42.5 Å². The Bertz CT molecular complexity index is 1380. The number of aromatic nitrogens is 2. The summed E-state index contributed by atoms with van der Waals surface area (Å²) in [5.74, 6) is 0.371. The van der Waals surface area contributed by atoms with Crippen molar-refractivity contribution in [1.82, 2.24) is 9.55 Å². The highest BCUT2D eigenvalue weighted by Crippen LogP contribution is 2.35. The van der Waals surface area contributed by atoms with Crippen molar-refractivity contribution >= 4 is 50.6 Å². The molecule has 0 atom stereocenters. The largest absolute Gasteiger partial charge is 0.411 e. The van der Waals surface area contributed by atoms with E-state index in [2.05, 4.69) is 5.16 Å². The first kappa shape index (κ1) is 22.2. The maximum atomic E-state index is 13.7. The van der Waals surface area contributed by atoms with Crippen LogP contribution < -0.4 is 5.56 Å². The predicted molar refractivity (Wildman–Crippen MR) is 137 cm³/mol. The summed E-state index contributed by atoms with van der Waals surface area (Å²) in [6, 6.07) is 17.1. The molecular weight excluding hydrogens is 474 g/mol. The Balaban J connectivity index is 1.55. The van der Waals surface area contributed by atoms with Crippen molar-refractivity contribution in [3.63, 3.8) is 0 Å². The molecule has 0 spiro atoms. The molecule has 8 heteroatoms. The second-order valence-corrected chi connectivity index (χ2v) is 10.5. The van der Waals surface area contributed by atoms with Crippen molar-refractivity contribution in [3.8, 4) is 0 Å². The number of nitrogens with zero attached hydrogens (tertiary/aromatic N) is 3. The molecule has 0 fully saturated rings. The van der Waals surface area contributed by atoms with Gasteiger partial charge in [-0.2, -0.15) is 0 Å². The van der Waals surface area contributed by atoms with E-state index in [0.29, 0.717) is 28.2 Å². The van der Waals surface area contributed by atoms with Crippen LogP contribution in [0.2, 0.25) is 5.02 Å². The smallest absolute Gasteiger partial charge is 0.263 e. The van der Waals surface area contributed by atoms with Crippen LogP contribution in [0.4, 0.5) is 0 Å². The molecule has 0 unspecified atom stereocenters. The zero-order valence-corrected chi connectivity index (χ0v) is 20.2. The first-order chi connectivity index (χ1) is 16.1. The molecule has 0 bridgehead atoms. The van der Waals surface area contributed by atoms with Crippen LogP contribution >= 0.6 is 34.7 Å². The molecular formula is C25H22ClN3O2S2. The molecule has 0 saturated carbocycles. The number of rotatable bonds is 6. The van der Waals surface area contributed by atoms with E-state index < -0.39 is 0 Å². The summed E-state index contributed by atoms with van der Waals surface area (Å²) in [5.41, 5.74) is 3.53. The molecule has 0 radical (unpaired) electrons. The number of halogens is 1. The molecule has 5 rings (SSSR count). The van der Waals surface area contributed by atoms with Crippen LogP contribution in [0.5, 0.6) is 0 Å². The summed E-state index contributed by atoms with van der Waals surface area (Å²) < 4.78 is 1.76. The van der Waals surface area contributed by atoms with Crippen LogP contribution in [0, 0.1) is 0 Å². The minimum Gasteiger partial charge on any atom is -0.411 e. The molecule has 1 aliphatic carbocycles. The second kappa shape index (κ2) is 9.71. The summed E-state index contributed by atoms with van der Waals surface area (Å²) in [5, 5.41) is 15.1. The van der Waals surface area contributed by atoms with Gasteiger partial charge < -0.3 is 5.21 Å². The van der Waals surface area contributed by atoms with Gasteiger partial charge in [0.25, 0.3) is 5.56 Å². The number of fused-ring (bicyclic) bond motifs is 3. The lowest BCUT2D eigenvalue weighted by Gasteiger charge is -2.14. The summed E-state index contributed by atoms with van der Waals surface area (Å²) >= 11 is 9.05. The average Bonchev–Trinajstić information content (AvgIpc) is 3.22. The van der Waals surface area contributed by atoms with Crippen LogP contribution in [0.3, 0.4) is 0 Å². The van der Waals surface area contributed by atoms with Crippen LogP contribution in [0.15, 0.2) is 69.7 Å². The molecule has 33 heavy (non-hydrogen) atoms. The molecule has 1 aliphatic rings. The number of aryl methyl sites for hydroxylation is 2. The zero-order chi connectivity index (χ0) is 22.8. The number of benzene rings is 2. The van der Waals surface area contributed by atoms with Crippen molar-refractivity contribution < 1.29 is 5.21 Å². The lowest BCUT2D eigenvalue weighted by Crippen LogP contribution is -2.24. The standard InChI is InChI=1S/C25H22ClN3O2S2/c26-18-12-10-17(11-13-18)20(28-31)15-32-25-27-23-22(19-8-4-5-9-21(19)33-23)24(30)29(25)14-16-6-2-1-3-7-16/h1-3,6-7,10-13,31H,4-5,8-9,14-15H2/b28-20-. The third-order valence-corrected chi connectivity index (χ3v) is 8.28. The Morgan fingerprint density at radius 1 is 1.12 bits per heavy atom. The lowest BCUT2D eigenvalue weighted by atomic mass is 9.97. The first-order valence-electron chi connectivity index (χ1n) is 10.8. The molecule has 4 aromatic rings. The SMILES string of the molecule is O=c1c2c3c(sc2nc(SC/C(=N/O)c2ccc(Cl)cc2)n1Cc1ccccc1)CCCC3. The number of hydrogen-bond donors (Lipinski definition) is 1. The molecule has 2 heterocycles. The predicted octanol–water partition coefficient (Wildman–Crippen LogP) is 6.01. The molecule has 0 amide bonds. The fraction of sp³-hybridized carbons (Fsp3) is 0.240. The van der Waals surface area contributed by atoms with E-state index >= 15 is 0 Å². The zero-order valence-electron chi connectivity index (χ0n) is 17.8. The van der Waals surface area contributed by atoms with Gasteiger partial charge in [-0.3, -0.25) is 9.36 Å². The van der Waals surface area contributed by atoms with Gasteiger partial charge in [0.1, 0.15) is 4.83 Å². The van der Waals surface area contributed by atoms with Gasteiger partial charge in [0.15, 0.2) is 5.16 Å². The monoisotopic (exact) mass is 495 g/mol. The molecule has 2 aromatic heterocycles. The van der Waals surface area contributed by atoms with Gasteiger partial charge in [-0.15, -0.1) is 11.3 Å². The molecule has 168 valence electrons. The van der Waals surface area contributed by atoms with Crippen molar-refractivity contribution in [2.45, 2.75) is 37.4 Å². The maximum absolute atomic E-state index is 13.7. The minimum atomic E-state index is 0.0136. The Morgan fingerprint density at radius 3 is 2.64 bits per heavy atom. The quantitative estimate of drug-likeness (QED) is 0.117. The first-order valence-corrected chi connectivity index (χ1v) is 13.0. The highest BCUT2D eigenvalue weighted by atomic mass is 35.5. The van der Waals surface area contributed by atoms with E-state index in [1.165, 1.54) is 22.2 Å². The van der Waals surface area contributed by atoms with Crippen LogP contribution in [0.1, 0.15) is 34.4 Å². The van der Waals surface area contributed by atoms with Crippen molar-refractivity contribution in [2.75, 3.05) is 5.75 Å². The second-order valence-electron chi connectivity index (χ2n) is 8.00. The molecule has 1 N–H and O–H groups in total. The van der Waals surface area contributed by atoms with Gasteiger partial charge in [-0.1, -0.05) is 71.0 Å². The van der Waals surface area contributed by atoms with Crippen LogP contribution in [0.25, 0.3) is 10.2 Å². The fourth-order valence-corrected chi connectivity index (χ4v) is 6.57. The van der Waals surface area contributed by atoms with Crippen LogP contribution in [-0.4, -0.2) is 26.2 Å². The fourth-order valence-electron chi connectivity index (χ4n) is 4.18.